The van der Waals surface area contributed by atoms with E-state index in [-0.39, 0.29) is 5.91 Å². The topological polar surface area (TPSA) is 46.2 Å². The lowest BCUT2D eigenvalue weighted by atomic mass is 10.0. The van der Waals surface area contributed by atoms with Gasteiger partial charge in [0.25, 0.3) is 0 Å². The van der Waals surface area contributed by atoms with Crippen molar-refractivity contribution >= 4 is 33.8 Å². The lowest BCUT2D eigenvalue weighted by Gasteiger charge is -2.07. The SMILES string of the molecule is O=Cc1ccc(Br)cc1CCC(=O)Nc1ccccc1. The molecule has 0 saturated carbocycles. The van der Waals surface area contributed by atoms with Gasteiger partial charge >= 0.3 is 0 Å². The summed E-state index contributed by atoms with van der Waals surface area (Å²) in [4.78, 5) is 22.8. The van der Waals surface area contributed by atoms with E-state index in [2.05, 4.69) is 21.2 Å². The van der Waals surface area contributed by atoms with Crippen molar-refractivity contribution in [3.05, 3.63) is 64.1 Å². The Kier molecular flexibility index (Phi) is 5.07. The molecule has 0 unspecified atom stereocenters. The molecular formula is C16H14BrNO2. The highest BCUT2D eigenvalue weighted by Crippen LogP contribution is 2.17. The van der Waals surface area contributed by atoms with Crippen molar-refractivity contribution in [3.8, 4) is 0 Å². The number of benzene rings is 2. The number of para-hydroxylation sites is 1. The summed E-state index contributed by atoms with van der Waals surface area (Å²) >= 11 is 3.37. The maximum absolute atomic E-state index is 11.9. The molecule has 0 radical (unpaired) electrons. The lowest BCUT2D eigenvalue weighted by molar-refractivity contribution is -0.116. The Balaban J connectivity index is 1.97. The van der Waals surface area contributed by atoms with Crippen LogP contribution in [0.5, 0.6) is 0 Å². The summed E-state index contributed by atoms with van der Waals surface area (Å²) in [6.45, 7) is 0. The molecule has 0 spiro atoms. The van der Waals surface area contributed by atoms with Crippen LogP contribution in [0.1, 0.15) is 22.3 Å². The van der Waals surface area contributed by atoms with Crippen LogP contribution in [-0.4, -0.2) is 12.2 Å². The third-order valence-electron chi connectivity index (χ3n) is 2.91. The Morgan fingerprint density at radius 3 is 2.60 bits per heavy atom. The van der Waals surface area contributed by atoms with Crippen LogP contribution in [0.15, 0.2) is 53.0 Å². The lowest BCUT2D eigenvalue weighted by Crippen LogP contribution is -2.12. The van der Waals surface area contributed by atoms with Crippen LogP contribution in [0.4, 0.5) is 5.69 Å². The van der Waals surface area contributed by atoms with E-state index in [1.165, 1.54) is 0 Å². The molecule has 0 aliphatic heterocycles. The number of aldehydes is 1. The smallest absolute Gasteiger partial charge is 0.224 e. The van der Waals surface area contributed by atoms with Gasteiger partial charge in [-0.25, -0.2) is 0 Å². The van der Waals surface area contributed by atoms with E-state index in [0.717, 1.165) is 22.0 Å². The molecule has 0 aliphatic rings. The zero-order valence-corrected chi connectivity index (χ0v) is 12.4. The van der Waals surface area contributed by atoms with E-state index in [9.17, 15) is 9.59 Å². The summed E-state index contributed by atoms with van der Waals surface area (Å²) < 4.78 is 0.904. The fourth-order valence-corrected chi connectivity index (χ4v) is 2.31. The van der Waals surface area contributed by atoms with Gasteiger partial charge in [0, 0.05) is 22.1 Å². The average Bonchev–Trinajstić information content (AvgIpc) is 2.46. The zero-order chi connectivity index (χ0) is 14.4. The number of aryl methyl sites for hydroxylation is 1. The molecule has 0 saturated heterocycles. The highest BCUT2D eigenvalue weighted by atomic mass is 79.9. The molecule has 0 heterocycles. The average molecular weight is 332 g/mol. The molecule has 0 fully saturated rings. The molecule has 4 heteroatoms. The Bertz CT molecular complexity index is 611. The van der Waals surface area contributed by atoms with Gasteiger partial charge in [0.1, 0.15) is 6.29 Å². The number of amides is 1. The number of hydrogen-bond acceptors (Lipinski definition) is 2. The Morgan fingerprint density at radius 1 is 1.15 bits per heavy atom. The molecule has 102 valence electrons. The van der Waals surface area contributed by atoms with Crippen molar-refractivity contribution in [2.45, 2.75) is 12.8 Å². The van der Waals surface area contributed by atoms with E-state index < -0.39 is 0 Å². The summed E-state index contributed by atoms with van der Waals surface area (Å²) in [5, 5.41) is 2.83. The van der Waals surface area contributed by atoms with E-state index >= 15 is 0 Å². The number of nitrogens with one attached hydrogen (secondary N) is 1. The second-order valence-electron chi connectivity index (χ2n) is 4.38. The quantitative estimate of drug-likeness (QED) is 0.846. The third kappa shape index (κ3) is 4.03. The molecule has 1 N–H and O–H groups in total. The minimum absolute atomic E-state index is 0.0620. The first-order valence-corrected chi connectivity index (χ1v) is 7.07. The highest BCUT2D eigenvalue weighted by Gasteiger charge is 2.07. The predicted octanol–water partition coefficient (Wildman–Crippen LogP) is 3.83. The number of anilines is 1. The number of hydrogen-bond donors (Lipinski definition) is 1. The molecule has 2 aromatic rings. The summed E-state index contributed by atoms with van der Waals surface area (Å²) in [6, 6.07) is 14.8. The summed E-state index contributed by atoms with van der Waals surface area (Å²) in [5.74, 6) is -0.0620. The third-order valence-corrected chi connectivity index (χ3v) is 3.40. The van der Waals surface area contributed by atoms with Crippen LogP contribution in [-0.2, 0) is 11.2 Å². The van der Waals surface area contributed by atoms with Crippen molar-refractivity contribution in [1.29, 1.82) is 0 Å². The fraction of sp³-hybridized carbons (Fsp3) is 0.125. The first-order valence-electron chi connectivity index (χ1n) is 6.27. The number of rotatable bonds is 5. The van der Waals surface area contributed by atoms with Crippen LogP contribution in [0.2, 0.25) is 0 Å². The van der Waals surface area contributed by atoms with Crippen molar-refractivity contribution in [3.63, 3.8) is 0 Å². The minimum atomic E-state index is -0.0620. The van der Waals surface area contributed by atoms with Crippen molar-refractivity contribution in [2.75, 3.05) is 5.32 Å². The molecule has 20 heavy (non-hydrogen) atoms. The number of carbonyl (C=O) groups is 2. The van der Waals surface area contributed by atoms with E-state index in [1.807, 2.05) is 42.5 Å². The molecule has 3 nitrogen and oxygen atoms in total. The molecule has 2 aromatic carbocycles. The summed E-state index contributed by atoms with van der Waals surface area (Å²) in [5.41, 5.74) is 2.28. The zero-order valence-electron chi connectivity index (χ0n) is 10.8. The van der Waals surface area contributed by atoms with Crippen LogP contribution >= 0.6 is 15.9 Å². The van der Waals surface area contributed by atoms with Crippen LogP contribution in [0, 0.1) is 0 Å². The summed E-state index contributed by atoms with van der Waals surface area (Å²) in [7, 11) is 0. The van der Waals surface area contributed by atoms with E-state index in [4.69, 9.17) is 0 Å². The summed E-state index contributed by atoms with van der Waals surface area (Å²) in [6.07, 6.45) is 1.69. The van der Waals surface area contributed by atoms with Gasteiger partial charge < -0.3 is 5.32 Å². The maximum atomic E-state index is 11.9. The first kappa shape index (κ1) is 14.5. The molecule has 0 atom stereocenters. The fourth-order valence-electron chi connectivity index (χ4n) is 1.90. The molecule has 0 aliphatic carbocycles. The Morgan fingerprint density at radius 2 is 1.90 bits per heavy atom. The number of carbonyl (C=O) groups excluding carboxylic acids is 2. The van der Waals surface area contributed by atoms with Gasteiger partial charge in [-0.2, -0.15) is 0 Å². The van der Waals surface area contributed by atoms with Gasteiger partial charge in [-0.3, -0.25) is 9.59 Å². The Labute approximate surface area is 126 Å². The van der Waals surface area contributed by atoms with Crippen molar-refractivity contribution in [1.82, 2.24) is 0 Å². The van der Waals surface area contributed by atoms with Crippen LogP contribution in [0.25, 0.3) is 0 Å². The standard InChI is InChI=1S/C16H14BrNO2/c17-14-8-6-13(11-19)12(10-14)7-9-16(20)18-15-4-2-1-3-5-15/h1-6,8,10-11H,7,9H2,(H,18,20). The van der Waals surface area contributed by atoms with Gasteiger partial charge in [-0.1, -0.05) is 40.2 Å². The second-order valence-corrected chi connectivity index (χ2v) is 5.29. The molecular weight excluding hydrogens is 318 g/mol. The monoisotopic (exact) mass is 331 g/mol. The molecule has 2 rings (SSSR count). The molecule has 0 aromatic heterocycles. The Hall–Kier alpha value is -1.94. The van der Waals surface area contributed by atoms with Crippen LogP contribution in [0.3, 0.4) is 0 Å². The van der Waals surface area contributed by atoms with E-state index in [1.54, 1.807) is 6.07 Å². The minimum Gasteiger partial charge on any atom is -0.326 e. The van der Waals surface area contributed by atoms with Crippen LogP contribution < -0.4 is 5.32 Å². The molecule has 1 amide bonds. The predicted molar refractivity (Wildman–Crippen MR) is 82.9 cm³/mol. The molecule has 0 bridgehead atoms. The van der Waals surface area contributed by atoms with Crippen molar-refractivity contribution < 1.29 is 9.59 Å². The van der Waals surface area contributed by atoms with Gasteiger partial charge in [0.05, 0.1) is 0 Å². The van der Waals surface area contributed by atoms with Gasteiger partial charge in [0.15, 0.2) is 0 Å². The highest BCUT2D eigenvalue weighted by molar-refractivity contribution is 9.10. The van der Waals surface area contributed by atoms with Gasteiger partial charge in [-0.15, -0.1) is 0 Å². The number of halogens is 1. The van der Waals surface area contributed by atoms with Crippen molar-refractivity contribution in [2.24, 2.45) is 0 Å². The van der Waals surface area contributed by atoms with Gasteiger partial charge in [-0.05, 0) is 36.2 Å². The first-order chi connectivity index (χ1) is 9.69. The van der Waals surface area contributed by atoms with E-state index in [0.29, 0.717) is 18.4 Å². The van der Waals surface area contributed by atoms with Gasteiger partial charge in [0.2, 0.25) is 5.91 Å². The maximum Gasteiger partial charge on any atom is 0.224 e. The second kappa shape index (κ2) is 7.01. The largest absolute Gasteiger partial charge is 0.326 e. The normalized spacial score (nSPS) is 10.1.